The molecule has 0 fully saturated rings. The van der Waals surface area contributed by atoms with Gasteiger partial charge >= 0.3 is 0 Å². The van der Waals surface area contributed by atoms with E-state index in [1.807, 2.05) is 6.07 Å². The van der Waals surface area contributed by atoms with Crippen molar-refractivity contribution < 1.29 is 15.0 Å². The molecule has 20 heavy (non-hydrogen) atoms. The molecule has 0 aliphatic rings. The Morgan fingerprint density at radius 3 is 2.50 bits per heavy atom. The molecule has 0 radical (unpaired) electrons. The summed E-state index contributed by atoms with van der Waals surface area (Å²) in [6.45, 7) is 0.818. The number of carbonyl (C=O) groups excluding carboxylic acids is 1. The average Bonchev–Trinajstić information content (AvgIpc) is 2.47. The van der Waals surface area contributed by atoms with E-state index in [9.17, 15) is 15.0 Å². The molecule has 1 aromatic carbocycles. The highest BCUT2D eigenvalue weighted by Crippen LogP contribution is 2.24. The molecule has 2 aromatic rings. The Balaban J connectivity index is 2.43. The third-order valence-corrected chi connectivity index (χ3v) is 3.41. The van der Waals surface area contributed by atoms with Crippen LogP contribution in [0.5, 0.6) is 0 Å². The second-order valence-electron chi connectivity index (χ2n) is 4.84. The summed E-state index contributed by atoms with van der Waals surface area (Å²) in [4.78, 5) is 16.3. The number of hydrogen-bond acceptors (Lipinski definition) is 4. The maximum atomic E-state index is 12.3. The van der Waals surface area contributed by atoms with Crippen molar-refractivity contribution in [3.63, 3.8) is 0 Å². The normalized spacial score (nSPS) is 11.6. The van der Waals surface area contributed by atoms with E-state index in [1.54, 1.807) is 25.1 Å². The van der Waals surface area contributed by atoms with Crippen LogP contribution < -0.4 is 5.32 Å². The molecule has 0 saturated heterocycles. The minimum absolute atomic E-state index is 0.323. The zero-order chi connectivity index (χ0) is 14.8. The lowest BCUT2D eigenvalue weighted by atomic mass is 10.0. The molecule has 0 spiro atoms. The fourth-order valence-corrected chi connectivity index (χ4v) is 2.02. The lowest BCUT2D eigenvalue weighted by Gasteiger charge is -2.26. The van der Waals surface area contributed by atoms with Gasteiger partial charge < -0.3 is 15.5 Å². The van der Waals surface area contributed by atoms with Gasteiger partial charge in [0.1, 0.15) is 5.15 Å². The first-order valence-corrected chi connectivity index (χ1v) is 6.46. The average molecular weight is 295 g/mol. The predicted molar refractivity (Wildman–Crippen MR) is 76.8 cm³/mol. The molecule has 3 N–H and O–H groups in total. The SMILES string of the molecule is CC(CO)(CO)NC(=O)c1cnc(Cl)c2ccccc12. The second kappa shape index (κ2) is 5.75. The topological polar surface area (TPSA) is 82.5 Å². The number of nitrogens with zero attached hydrogens (tertiary/aromatic N) is 1. The van der Waals surface area contributed by atoms with E-state index in [1.165, 1.54) is 6.20 Å². The number of pyridine rings is 1. The van der Waals surface area contributed by atoms with Crippen LogP contribution in [-0.4, -0.2) is 39.9 Å². The van der Waals surface area contributed by atoms with Crippen LogP contribution in [-0.2, 0) is 0 Å². The van der Waals surface area contributed by atoms with Crippen LogP contribution in [0.4, 0.5) is 0 Å². The van der Waals surface area contributed by atoms with Gasteiger partial charge in [-0.1, -0.05) is 35.9 Å². The van der Waals surface area contributed by atoms with E-state index in [2.05, 4.69) is 10.3 Å². The lowest BCUT2D eigenvalue weighted by molar-refractivity contribution is 0.0725. The van der Waals surface area contributed by atoms with Crippen LogP contribution in [0.25, 0.3) is 10.8 Å². The molecule has 0 aliphatic carbocycles. The number of carbonyl (C=O) groups is 1. The molecule has 0 aliphatic heterocycles. The fraction of sp³-hybridized carbons (Fsp3) is 0.286. The van der Waals surface area contributed by atoms with Crippen LogP contribution >= 0.6 is 11.6 Å². The number of benzene rings is 1. The quantitative estimate of drug-likeness (QED) is 0.744. The van der Waals surface area contributed by atoms with E-state index < -0.39 is 11.4 Å². The number of rotatable bonds is 4. The molecule has 1 aromatic heterocycles. The summed E-state index contributed by atoms with van der Waals surface area (Å²) in [6, 6.07) is 7.15. The Morgan fingerprint density at radius 1 is 1.30 bits per heavy atom. The zero-order valence-electron chi connectivity index (χ0n) is 10.9. The van der Waals surface area contributed by atoms with Gasteiger partial charge in [-0.25, -0.2) is 4.98 Å². The number of aliphatic hydroxyl groups is 2. The van der Waals surface area contributed by atoms with Crippen molar-refractivity contribution in [2.24, 2.45) is 0 Å². The fourth-order valence-electron chi connectivity index (χ4n) is 1.81. The number of nitrogens with one attached hydrogen (secondary N) is 1. The Labute approximate surface area is 121 Å². The Bertz CT molecular complexity index is 641. The summed E-state index contributed by atoms with van der Waals surface area (Å²) in [6.07, 6.45) is 1.38. The van der Waals surface area contributed by atoms with Crippen LogP contribution in [0.3, 0.4) is 0 Å². The van der Waals surface area contributed by atoms with Crippen LogP contribution in [0.1, 0.15) is 17.3 Å². The molecule has 0 bridgehead atoms. The Kier molecular flexibility index (Phi) is 4.23. The van der Waals surface area contributed by atoms with Crippen molar-refractivity contribution >= 4 is 28.3 Å². The number of amides is 1. The molecular formula is C14H15ClN2O3. The summed E-state index contributed by atoms with van der Waals surface area (Å²) >= 11 is 6.00. The number of aliphatic hydroxyl groups excluding tert-OH is 2. The first-order chi connectivity index (χ1) is 9.50. The summed E-state index contributed by atoms with van der Waals surface area (Å²) in [5, 5.41) is 22.7. The first-order valence-electron chi connectivity index (χ1n) is 6.08. The van der Waals surface area contributed by atoms with Gasteiger partial charge in [0.2, 0.25) is 0 Å². The molecular weight excluding hydrogens is 280 g/mol. The van der Waals surface area contributed by atoms with Crippen molar-refractivity contribution in [1.82, 2.24) is 10.3 Å². The van der Waals surface area contributed by atoms with Gasteiger partial charge in [-0.05, 0) is 12.3 Å². The van der Waals surface area contributed by atoms with Gasteiger partial charge in [-0.2, -0.15) is 0 Å². The van der Waals surface area contributed by atoms with Gasteiger partial charge in [0, 0.05) is 11.6 Å². The Morgan fingerprint density at radius 2 is 1.90 bits per heavy atom. The maximum Gasteiger partial charge on any atom is 0.254 e. The third kappa shape index (κ3) is 2.75. The highest BCUT2D eigenvalue weighted by Gasteiger charge is 2.26. The van der Waals surface area contributed by atoms with E-state index in [0.717, 1.165) is 0 Å². The van der Waals surface area contributed by atoms with Crippen molar-refractivity contribution in [3.05, 3.63) is 41.2 Å². The number of hydrogen-bond donors (Lipinski definition) is 3. The number of aromatic nitrogens is 1. The van der Waals surface area contributed by atoms with Gasteiger partial charge in [0.25, 0.3) is 5.91 Å². The van der Waals surface area contributed by atoms with Crippen molar-refractivity contribution in [1.29, 1.82) is 0 Å². The summed E-state index contributed by atoms with van der Waals surface area (Å²) < 4.78 is 0. The minimum Gasteiger partial charge on any atom is -0.394 e. The number of fused-ring (bicyclic) bond motifs is 1. The van der Waals surface area contributed by atoms with Crippen molar-refractivity contribution in [2.75, 3.05) is 13.2 Å². The molecule has 0 unspecified atom stereocenters. The highest BCUT2D eigenvalue weighted by atomic mass is 35.5. The van der Waals surface area contributed by atoms with E-state index in [-0.39, 0.29) is 13.2 Å². The van der Waals surface area contributed by atoms with Crippen LogP contribution in [0, 0.1) is 0 Å². The van der Waals surface area contributed by atoms with E-state index in [4.69, 9.17) is 11.6 Å². The van der Waals surface area contributed by atoms with Crippen LogP contribution in [0.15, 0.2) is 30.5 Å². The monoisotopic (exact) mass is 294 g/mol. The predicted octanol–water partition coefficient (Wildman–Crippen LogP) is 1.36. The third-order valence-electron chi connectivity index (χ3n) is 3.10. The second-order valence-corrected chi connectivity index (χ2v) is 5.20. The molecule has 1 amide bonds. The van der Waals surface area contributed by atoms with Gasteiger partial charge in [-0.3, -0.25) is 4.79 Å². The molecule has 5 nitrogen and oxygen atoms in total. The summed E-state index contributed by atoms with van der Waals surface area (Å²) in [5.41, 5.74) is -0.740. The van der Waals surface area contributed by atoms with E-state index in [0.29, 0.717) is 21.5 Å². The maximum absolute atomic E-state index is 12.3. The molecule has 6 heteroatoms. The highest BCUT2D eigenvalue weighted by molar-refractivity contribution is 6.34. The Hall–Kier alpha value is -1.69. The summed E-state index contributed by atoms with van der Waals surface area (Å²) in [7, 11) is 0. The van der Waals surface area contributed by atoms with Crippen LogP contribution in [0.2, 0.25) is 5.15 Å². The van der Waals surface area contributed by atoms with Crippen molar-refractivity contribution in [2.45, 2.75) is 12.5 Å². The standard InChI is InChI=1S/C14H15ClN2O3/c1-14(7-18,8-19)17-13(20)11-6-16-12(15)10-5-3-2-4-9(10)11/h2-6,18-19H,7-8H2,1H3,(H,17,20). The molecule has 106 valence electrons. The smallest absolute Gasteiger partial charge is 0.254 e. The van der Waals surface area contributed by atoms with Gasteiger partial charge in [-0.15, -0.1) is 0 Å². The minimum atomic E-state index is -1.09. The molecule has 2 rings (SSSR count). The lowest BCUT2D eigenvalue weighted by Crippen LogP contribution is -2.51. The molecule has 0 atom stereocenters. The first kappa shape index (κ1) is 14.7. The van der Waals surface area contributed by atoms with Gasteiger partial charge in [0.15, 0.2) is 0 Å². The molecule has 0 saturated carbocycles. The van der Waals surface area contributed by atoms with E-state index >= 15 is 0 Å². The van der Waals surface area contributed by atoms with Crippen molar-refractivity contribution in [3.8, 4) is 0 Å². The number of halogens is 1. The molecule has 1 heterocycles. The zero-order valence-corrected chi connectivity index (χ0v) is 11.7. The van der Waals surface area contributed by atoms with Gasteiger partial charge in [0.05, 0.1) is 24.3 Å². The summed E-state index contributed by atoms with van der Waals surface area (Å²) in [5.74, 6) is -0.420. The largest absolute Gasteiger partial charge is 0.394 e.